The van der Waals surface area contributed by atoms with Gasteiger partial charge in [-0.2, -0.15) is 10.1 Å². The molecule has 0 saturated heterocycles. The quantitative estimate of drug-likeness (QED) is 0.376. The predicted octanol–water partition coefficient (Wildman–Crippen LogP) is 5.30. The Morgan fingerprint density at radius 2 is 1.78 bits per heavy atom. The van der Waals surface area contributed by atoms with Gasteiger partial charge in [0.05, 0.1) is 29.1 Å². The first-order valence-electron chi connectivity index (χ1n) is 11.8. The molecule has 1 amide bonds. The Hall–Kier alpha value is -4.20. The van der Waals surface area contributed by atoms with Crippen LogP contribution in [0, 0.1) is 5.41 Å². The minimum Gasteiger partial charge on any atom is -0.478 e. The smallest absolute Gasteiger partial charge is 0.335 e. The van der Waals surface area contributed by atoms with E-state index in [0.29, 0.717) is 23.6 Å². The number of amides is 1. The Morgan fingerprint density at radius 1 is 1.11 bits per heavy atom. The maximum Gasteiger partial charge on any atom is 0.335 e. The minimum atomic E-state index is -1.04. The molecule has 0 radical (unpaired) electrons. The standard InChI is InChI=1S/C28H29N3O5/c1-6-36-27(35)17(2)30-16-19(21-9-7-8-10-23(21)30)15-22-24(28(3,4)5)29-31(25(22)32)20-13-11-18(12-14-20)26(33)34/h7-17H,6H2,1-5H3,(H,33,34)/b22-15-. The average molecular weight is 488 g/mol. The lowest BCUT2D eigenvalue weighted by molar-refractivity contribution is -0.146. The number of aromatic carboxylic acids is 1. The molecule has 8 nitrogen and oxygen atoms in total. The number of carbonyl (C=O) groups excluding carboxylic acids is 2. The lowest BCUT2D eigenvalue weighted by Gasteiger charge is -2.17. The van der Waals surface area contributed by atoms with Crippen LogP contribution in [0.15, 0.2) is 65.4 Å². The van der Waals surface area contributed by atoms with Crippen LogP contribution >= 0.6 is 0 Å². The van der Waals surface area contributed by atoms with E-state index < -0.39 is 17.4 Å². The third-order valence-corrected chi connectivity index (χ3v) is 6.06. The van der Waals surface area contributed by atoms with Gasteiger partial charge in [-0.1, -0.05) is 39.0 Å². The number of carboxylic acids is 1. The van der Waals surface area contributed by atoms with Crippen LogP contribution in [0.4, 0.5) is 5.69 Å². The summed E-state index contributed by atoms with van der Waals surface area (Å²) in [4.78, 5) is 37.3. The van der Waals surface area contributed by atoms with Crippen LogP contribution in [0.5, 0.6) is 0 Å². The highest BCUT2D eigenvalue weighted by Gasteiger charge is 2.37. The number of hydrogen-bond donors (Lipinski definition) is 1. The second-order valence-corrected chi connectivity index (χ2v) is 9.66. The van der Waals surface area contributed by atoms with Crippen molar-refractivity contribution in [2.75, 3.05) is 11.6 Å². The summed E-state index contributed by atoms with van der Waals surface area (Å²) in [5.74, 6) is -1.68. The van der Waals surface area contributed by atoms with Crippen LogP contribution in [-0.2, 0) is 14.3 Å². The van der Waals surface area contributed by atoms with E-state index >= 15 is 0 Å². The number of rotatable bonds is 6. The van der Waals surface area contributed by atoms with Gasteiger partial charge in [0, 0.05) is 28.1 Å². The van der Waals surface area contributed by atoms with E-state index in [1.54, 1.807) is 26.0 Å². The van der Waals surface area contributed by atoms with Gasteiger partial charge < -0.3 is 14.4 Å². The van der Waals surface area contributed by atoms with Gasteiger partial charge in [-0.05, 0) is 50.3 Å². The first-order valence-corrected chi connectivity index (χ1v) is 11.8. The number of fused-ring (bicyclic) bond motifs is 1. The molecule has 1 aliphatic rings. The van der Waals surface area contributed by atoms with Crippen molar-refractivity contribution >= 4 is 46.2 Å². The first-order chi connectivity index (χ1) is 17.0. The summed E-state index contributed by atoms with van der Waals surface area (Å²) < 4.78 is 7.08. The summed E-state index contributed by atoms with van der Waals surface area (Å²) in [6.07, 6.45) is 3.67. The molecule has 8 heteroatoms. The zero-order chi connectivity index (χ0) is 26.2. The molecule has 0 fully saturated rings. The molecule has 1 unspecified atom stereocenters. The molecule has 2 heterocycles. The summed E-state index contributed by atoms with van der Waals surface area (Å²) in [6.45, 7) is 9.80. The normalized spacial score (nSPS) is 15.9. The van der Waals surface area contributed by atoms with E-state index in [-0.39, 0.29) is 17.4 Å². The van der Waals surface area contributed by atoms with E-state index in [4.69, 9.17) is 4.74 Å². The Morgan fingerprint density at radius 3 is 2.39 bits per heavy atom. The molecule has 3 aromatic rings. The van der Waals surface area contributed by atoms with Crippen LogP contribution in [0.2, 0.25) is 0 Å². The van der Waals surface area contributed by atoms with Gasteiger partial charge in [0.15, 0.2) is 0 Å². The SMILES string of the molecule is CCOC(=O)C(C)n1cc(/C=C2\C(=O)N(c3ccc(C(=O)O)cc3)N=C2C(C)(C)C)c2ccccc21. The van der Waals surface area contributed by atoms with Gasteiger partial charge in [-0.3, -0.25) is 4.79 Å². The Kier molecular flexibility index (Phi) is 6.54. The molecular formula is C28H29N3O5. The molecule has 2 aromatic carbocycles. The first kappa shape index (κ1) is 24.9. The summed E-state index contributed by atoms with van der Waals surface area (Å²) in [5.41, 5.74) is 2.86. The number of aromatic nitrogens is 1. The zero-order valence-electron chi connectivity index (χ0n) is 21.0. The number of ether oxygens (including phenoxy) is 1. The summed E-state index contributed by atoms with van der Waals surface area (Å²) in [7, 11) is 0. The predicted molar refractivity (Wildman–Crippen MR) is 139 cm³/mol. The number of para-hydroxylation sites is 1. The second-order valence-electron chi connectivity index (χ2n) is 9.66. The van der Waals surface area contributed by atoms with Crippen molar-refractivity contribution in [1.82, 2.24) is 4.57 Å². The average Bonchev–Trinajstić information content (AvgIpc) is 3.37. The van der Waals surface area contributed by atoms with E-state index in [0.717, 1.165) is 16.5 Å². The van der Waals surface area contributed by atoms with Crippen LogP contribution in [0.3, 0.4) is 0 Å². The van der Waals surface area contributed by atoms with Gasteiger partial charge in [-0.15, -0.1) is 0 Å². The number of carbonyl (C=O) groups is 3. The molecule has 0 bridgehead atoms. The second kappa shape index (κ2) is 9.45. The Labute approximate surface area is 209 Å². The molecule has 0 aliphatic carbocycles. The highest BCUT2D eigenvalue weighted by atomic mass is 16.5. The lowest BCUT2D eigenvalue weighted by atomic mass is 9.85. The molecule has 1 N–H and O–H groups in total. The van der Waals surface area contributed by atoms with Gasteiger partial charge in [0.1, 0.15) is 6.04 Å². The number of hydrogen-bond acceptors (Lipinski definition) is 5. The number of anilines is 1. The fraction of sp³-hybridized carbons (Fsp3) is 0.286. The summed E-state index contributed by atoms with van der Waals surface area (Å²) in [5, 5.41) is 16.0. The summed E-state index contributed by atoms with van der Waals surface area (Å²) in [6, 6.07) is 13.2. The zero-order valence-corrected chi connectivity index (χ0v) is 21.0. The van der Waals surface area contributed by atoms with E-state index in [2.05, 4.69) is 5.10 Å². The van der Waals surface area contributed by atoms with E-state index in [1.165, 1.54) is 17.1 Å². The number of hydrazone groups is 1. The highest BCUT2D eigenvalue weighted by molar-refractivity contribution is 6.34. The van der Waals surface area contributed by atoms with Crippen molar-refractivity contribution in [3.8, 4) is 0 Å². The van der Waals surface area contributed by atoms with Gasteiger partial charge in [0.25, 0.3) is 5.91 Å². The van der Waals surface area contributed by atoms with Crippen molar-refractivity contribution in [2.24, 2.45) is 10.5 Å². The molecule has 1 atom stereocenters. The number of carboxylic acid groups (broad SMARTS) is 1. The topological polar surface area (TPSA) is 101 Å². The molecule has 186 valence electrons. The molecular weight excluding hydrogens is 458 g/mol. The maximum atomic E-state index is 13.6. The fourth-order valence-electron chi connectivity index (χ4n) is 4.22. The van der Waals surface area contributed by atoms with E-state index in [9.17, 15) is 19.5 Å². The third-order valence-electron chi connectivity index (χ3n) is 6.06. The van der Waals surface area contributed by atoms with Crippen molar-refractivity contribution in [2.45, 2.75) is 40.7 Å². The Bertz CT molecular complexity index is 1410. The highest BCUT2D eigenvalue weighted by Crippen LogP contribution is 2.34. The maximum absolute atomic E-state index is 13.6. The molecule has 4 rings (SSSR count). The van der Waals surface area contributed by atoms with Crippen LogP contribution in [-0.4, -0.2) is 39.8 Å². The minimum absolute atomic E-state index is 0.129. The van der Waals surface area contributed by atoms with Gasteiger partial charge in [-0.25, -0.2) is 9.59 Å². The van der Waals surface area contributed by atoms with Crippen molar-refractivity contribution in [3.63, 3.8) is 0 Å². The van der Waals surface area contributed by atoms with Gasteiger partial charge in [0.2, 0.25) is 0 Å². The molecule has 1 aliphatic heterocycles. The monoisotopic (exact) mass is 487 g/mol. The molecule has 1 aromatic heterocycles. The van der Waals surface area contributed by atoms with Crippen molar-refractivity contribution < 1.29 is 24.2 Å². The van der Waals surface area contributed by atoms with Crippen molar-refractivity contribution in [1.29, 1.82) is 0 Å². The van der Waals surface area contributed by atoms with Crippen molar-refractivity contribution in [3.05, 3.63) is 71.4 Å². The summed E-state index contributed by atoms with van der Waals surface area (Å²) >= 11 is 0. The Balaban J connectivity index is 1.81. The van der Waals surface area contributed by atoms with Crippen LogP contribution in [0.25, 0.3) is 17.0 Å². The number of esters is 1. The molecule has 0 spiro atoms. The number of benzene rings is 2. The van der Waals surface area contributed by atoms with Gasteiger partial charge >= 0.3 is 11.9 Å². The third kappa shape index (κ3) is 4.54. The molecule has 36 heavy (non-hydrogen) atoms. The van der Waals surface area contributed by atoms with Crippen LogP contribution in [0.1, 0.15) is 56.6 Å². The number of nitrogens with zero attached hydrogens (tertiary/aromatic N) is 3. The van der Waals surface area contributed by atoms with Crippen LogP contribution < -0.4 is 5.01 Å². The molecule has 0 saturated carbocycles. The fourth-order valence-corrected chi connectivity index (χ4v) is 4.22. The largest absolute Gasteiger partial charge is 0.478 e. The lowest BCUT2D eigenvalue weighted by Crippen LogP contribution is -2.24. The van der Waals surface area contributed by atoms with E-state index in [1.807, 2.05) is 61.9 Å².